The van der Waals surface area contributed by atoms with Crippen LogP contribution in [0.25, 0.3) is 10.8 Å². The van der Waals surface area contributed by atoms with E-state index < -0.39 is 11.9 Å². The van der Waals surface area contributed by atoms with Gasteiger partial charge in [-0.3, -0.25) is 0 Å². The van der Waals surface area contributed by atoms with E-state index in [1.54, 1.807) is 31.2 Å². The summed E-state index contributed by atoms with van der Waals surface area (Å²) in [4.78, 5) is 27.5. The molecule has 0 spiro atoms. The molecular weight excluding hydrogens is 246 g/mol. The Labute approximate surface area is 110 Å². The number of hydrogen-bond acceptors (Lipinski definition) is 5. The minimum absolute atomic E-state index is 0.0981. The van der Waals surface area contributed by atoms with Crippen molar-refractivity contribution in [2.45, 2.75) is 6.92 Å². The molecule has 0 N–H and O–H groups in total. The number of carbonyl (C=O) groups is 2. The molecule has 5 heteroatoms. The maximum Gasteiger partial charge on any atom is 0.357 e. The van der Waals surface area contributed by atoms with Crippen molar-refractivity contribution in [2.75, 3.05) is 13.7 Å². The van der Waals surface area contributed by atoms with Gasteiger partial charge in [0.1, 0.15) is 5.69 Å². The van der Waals surface area contributed by atoms with E-state index in [1.807, 2.05) is 6.07 Å². The number of nitrogens with zero attached hydrogens (tertiary/aromatic N) is 1. The summed E-state index contributed by atoms with van der Waals surface area (Å²) in [6, 6.07) is 8.76. The number of carbonyl (C=O) groups excluding carboxylic acids is 2. The van der Waals surface area contributed by atoms with Gasteiger partial charge in [0.2, 0.25) is 0 Å². The Hall–Kier alpha value is -2.43. The van der Waals surface area contributed by atoms with Crippen LogP contribution in [0.3, 0.4) is 0 Å². The topological polar surface area (TPSA) is 65.5 Å². The number of pyridine rings is 1. The molecule has 0 radical (unpaired) electrons. The number of ether oxygens (including phenoxy) is 2. The highest BCUT2D eigenvalue weighted by Gasteiger charge is 2.17. The molecular formula is C14H13NO4. The van der Waals surface area contributed by atoms with Gasteiger partial charge in [0.05, 0.1) is 13.7 Å². The van der Waals surface area contributed by atoms with Gasteiger partial charge >= 0.3 is 11.9 Å². The van der Waals surface area contributed by atoms with Gasteiger partial charge in [0.25, 0.3) is 0 Å². The summed E-state index contributed by atoms with van der Waals surface area (Å²) in [6.45, 7) is 1.96. The van der Waals surface area contributed by atoms with Crippen LogP contribution in [0, 0.1) is 0 Å². The minimum Gasteiger partial charge on any atom is -0.464 e. The van der Waals surface area contributed by atoms with Crippen molar-refractivity contribution >= 4 is 22.7 Å². The Morgan fingerprint density at radius 1 is 1.21 bits per heavy atom. The number of benzene rings is 1. The van der Waals surface area contributed by atoms with Crippen molar-refractivity contribution in [2.24, 2.45) is 0 Å². The zero-order chi connectivity index (χ0) is 13.8. The number of esters is 2. The molecule has 0 aliphatic heterocycles. The first-order valence-electron chi connectivity index (χ1n) is 5.82. The normalized spacial score (nSPS) is 10.2. The molecule has 0 fully saturated rings. The first kappa shape index (κ1) is 13.0. The predicted octanol–water partition coefficient (Wildman–Crippen LogP) is 2.20. The van der Waals surface area contributed by atoms with Crippen LogP contribution in [0.5, 0.6) is 0 Å². The van der Waals surface area contributed by atoms with Crippen LogP contribution >= 0.6 is 0 Å². The van der Waals surface area contributed by atoms with E-state index in [2.05, 4.69) is 9.72 Å². The molecule has 0 unspecified atom stereocenters. The monoisotopic (exact) mass is 259 g/mol. The Balaban J connectivity index is 2.63. The summed E-state index contributed by atoms with van der Waals surface area (Å²) < 4.78 is 9.58. The maximum absolute atomic E-state index is 11.7. The summed E-state index contributed by atoms with van der Waals surface area (Å²) >= 11 is 0. The maximum atomic E-state index is 11.7. The third kappa shape index (κ3) is 2.54. The molecule has 0 amide bonds. The first-order chi connectivity index (χ1) is 9.17. The third-order valence-electron chi connectivity index (χ3n) is 2.60. The van der Waals surface area contributed by atoms with Crippen molar-refractivity contribution in [3.8, 4) is 0 Å². The molecule has 0 saturated heterocycles. The fourth-order valence-electron chi connectivity index (χ4n) is 1.76. The lowest BCUT2D eigenvalue weighted by atomic mass is 10.1. The van der Waals surface area contributed by atoms with Crippen LogP contribution in [0.4, 0.5) is 0 Å². The fraction of sp³-hybridized carbons (Fsp3) is 0.214. The molecule has 5 nitrogen and oxygen atoms in total. The number of methoxy groups -OCH3 is 1. The summed E-state index contributed by atoms with van der Waals surface area (Å²) in [5.74, 6) is -1.14. The van der Waals surface area contributed by atoms with Gasteiger partial charge in [-0.25, -0.2) is 14.6 Å². The molecule has 0 saturated carbocycles. The van der Waals surface area contributed by atoms with E-state index >= 15 is 0 Å². The van der Waals surface area contributed by atoms with Crippen LogP contribution in [0.15, 0.2) is 30.3 Å². The minimum atomic E-state index is -0.581. The van der Waals surface area contributed by atoms with Gasteiger partial charge in [-0.15, -0.1) is 0 Å². The second-order valence-electron chi connectivity index (χ2n) is 3.79. The second-order valence-corrected chi connectivity index (χ2v) is 3.79. The summed E-state index contributed by atoms with van der Waals surface area (Å²) in [6.07, 6.45) is 0. The molecule has 2 rings (SSSR count). The average Bonchev–Trinajstić information content (AvgIpc) is 2.45. The van der Waals surface area contributed by atoms with Gasteiger partial charge in [-0.05, 0) is 18.4 Å². The first-order valence-corrected chi connectivity index (χ1v) is 5.82. The van der Waals surface area contributed by atoms with Gasteiger partial charge in [0, 0.05) is 5.39 Å². The Morgan fingerprint density at radius 2 is 1.95 bits per heavy atom. The average molecular weight is 259 g/mol. The van der Waals surface area contributed by atoms with E-state index in [0.29, 0.717) is 5.39 Å². The molecule has 0 aliphatic rings. The molecule has 19 heavy (non-hydrogen) atoms. The number of hydrogen-bond donors (Lipinski definition) is 0. The van der Waals surface area contributed by atoms with Crippen molar-refractivity contribution < 1.29 is 19.1 Å². The molecule has 98 valence electrons. The van der Waals surface area contributed by atoms with Crippen LogP contribution in [-0.4, -0.2) is 30.6 Å². The third-order valence-corrected chi connectivity index (χ3v) is 2.60. The highest BCUT2D eigenvalue weighted by atomic mass is 16.5. The van der Waals surface area contributed by atoms with Crippen molar-refractivity contribution in [3.05, 3.63) is 41.7 Å². The van der Waals surface area contributed by atoms with E-state index in [0.717, 1.165) is 5.39 Å². The highest BCUT2D eigenvalue weighted by Crippen LogP contribution is 2.19. The highest BCUT2D eigenvalue weighted by molar-refractivity contribution is 6.05. The van der Waals surface area contributed by atoms with Gasteiger partial charge in [-0.2, -0.15) is 0 Å². The van der Waals surface area contributed by atoms with Gasteiger partial charge in [0.15, 0.2) is 5.69 Å². The van der Waals surface area contributed by atoms with Crippen molar-refractivity contribution in [1.82, 2.24) is 4.98 Å². The predicted molar refractivity (Wildman–Crippen MR) is 69.0 cm³/mol. The Morgan fingerprint density at radius 3 is 2.63 bits per heavy atom. The zero-order valence-electron chi connectivity index (χ0n) is 10.7. The number of fused-ring (bicyclic) bond motifs is 1. The van der Waals surface area contributed by atoms with Crippen LogP contribution < -0.4 is 0 Å². The van der Waals surface area contributed by atoms with Gasteiger partial charge in [-0.1, -0.05) is 24.3 Å². The van der Waals surface area contributed by atoms with E-state index in [1.165, 1.54) is 7.11 Å². The molecule has 0 aliphatic carbocycles. The molecule has 1 heterocycles. The zero-order valence-corrected chi connectivity index (χ0v) is 10.7. The van der Waals surface area contributed by atoms with Crippen molar-refractivity contribution in [1.29, 1.82) is 0 Å². The lowest BCUT2D eigenvalue weighted by Crippen LogP contribution is -2.12. The number of rotatable bonds is 3. The number of aromatic nitrogens is 1. The van der Waals surface area contributed by atoms with E-state index in [-0.39, 0.29) is 18.0 Å². The van der Waals surface area contributed by atoms with Gasteiger partial charge < -0.3 is 9.47 Å². The Kier molecular flexibility index (Phi) is 3.75. The molecule has 1 aromatic heterocycles. The molecule has 2 aromatic rings. The second kappa shape index (κ2) is 5.48. The standard InChI is InChI=1S/C14H13NO4/c1-3-19-13(16)11-8-9-6-4-5-7-10(9)12(15-11)14(17)18-2/h4-8H,3H2,1-2H3. The molecule has 0 bridgehead atoms. The lowest BCUT2D eigenvalue weighted by molar-refractivity contribution is 0.0519. The molecule has 1 aromatic carbocycles. The van der Waals surface area contributed by atoms with Crippen molar-refractivity contribution in [3.63, 3.8) is 0 Å². The quantitative estimate of drug-likeness (QED) is 0.790. The summed E-state index contributed by atoms with van der Waals surface area (Å²) in [5, 5.41) is 1.38. The summed E-state index contributed by atoms with van der Waals surface area (Å²) in [5.41, 5.74) is 0.213. The lowest BCUT2D eigenvalue weighted by Gasteiger charge is -2.07. The van der Waals surface area contributed by atoms with Crippen LogP contribution in [0.2, 0.25) is 0 Å². The fourth-order valence-corrected chi connectivity index (χ4v) is 1.76. The van der Waals surface area contributed by atoms with Crippen LogP contribution in [-0.2, 0) is 9.47 Å². The van der Waals surface area contributed by atoms with Crippen LogP contribution in [0.1, 0.15) is 27.9 Å². The van der Waals surface area contributed by atoms with E-state index in [4.69, 9.17) is 4.74 Å². The smallest absolute Gasteiger partial charge is 0.357 e. The van der Waals surface area contributed by atoms with E-state index in [9.17, 15) is 9.59 Å². The molecule has 0 atom stereocenters. The Bertz CT molecular complexity index is 636. The largest absolute Gasteiger partial charge is 0.464 e. The summed E-state index contributed by atoms with van der Waals surface area (Å²) in [7, 11) is 1.27. The SMILES string of the molecule is CCOC(=O)c1cc2ccccc2c(C(=O)OC)n1.